The highest BCUT2D eigenvalue weighted by Crippen LogP contribution is 2.33. The summed E-state index contributed by atoms with van der Waals surface area (Å²) < 4.78 is 13.0. The lowest BCUT2D eigenvalue weighted by molar-refractivity contribution is 0.0677. The van der Waals surface area contributed by atoms with Crippen molar-refractivity contribution >= 4 is 5.91 Å². The van der Waals surface area contributed by atoms with E-state index >= 15 is 0 Å². The highest BCUT2D eigenvalue weighted by molar-refractivity contribution is 5.95. The summed E-state index contributed by atoms with van der Waals surface area (Å²) in [6.45, 7) is 6.02. The molecule has 0 bridgehead atoms. The monoisotopic (exact) mass is 341 g/mol. The van der Waals surface area contributed by atoms with E-state index in [1.54, 1.807) is 6.07 Å². The first-order valence-corrected chi connectivity index (χ1v) is 8.85. The first-order valence-electron chi connectivity index (χ1n) is 8.85. The molecule has 1 aromatic carbocycles. The third-order valence-electron chi connectivity index (χ3n) is 4.91. The Balaban J connectivity index is 1.53. The number of amides is 1. The maximum Gasteiger partial charge on any atom is 0.254 e. The van der Waals surface area contributed by atoms with Crippen LogP contribution in [0.1, 0.15) is 54.8 Å². The van der Waals surface area contributed by atoms with Crippen LogP contribution in [0.5, 0.6) is 11.5 Å². The van der Waals surface area contributed by atoms with Crippen LogP contribution in [0.3, 0.4) is 0 Å². The van der Waals surface area contributed by atoms with E-state index in [1.807, 2.05) is 29.4 Å². The zero-order valence-electron chi connectivity index (χ0n) is 14.6. The Kier molecular flexibility index (Phi) is 4.11. The molecule has 2 aliphatic heterocycles. The molecule has 0 saturated carbocycles. The van der Waals surface area contributed by atoms with Gasteiger partial charge < -0.3 is 18.9 Å². The molecule has 0 spiro atoms. The third kappa shape index (κ3) is 2.97. The van der Waals surface area contributed by atoms with E-state index in [9.17, 15) is 4.79 Å². The number of hydrogen-bond donors (Lipinski definition) is 0. The molecule has 4 rings (SSSR count). The van der Waals surface area contributed by atoms with Crippen molar-refractivity contribution in [1.82, 2.24) is 14.5 Å². The molecule has 1 saturated heterocycles. The molecule has 0 radical (unpaired) electrons. The van der Waals surface area contributed by atoms with E-state index in [-0.39, 0.29) is 18.7 Å². The minimum atomic E-state index is 0.0502. The number of ether oxygens (including phenoxy) is 2. The average Bonchev–Trinajstić information content (AvgIpc) is 3.29. The van der Waals surface area contributed by atoms with Crippen molar-refractivity contribution in [1.29, 1.82) is 0 Å². The molecule has 1 fully saturated rings. The lowest BCUT2D eigenvalue weighted by Gasteiger charge is -2.34. The van der Waals surface area contributed by atoms with Crippen LogP contribution in [-0.4, -0.2) is 40.2 Å². The number of hydrogen-bond acceptors (Lipinski definition) is 4. The summed E-state index contributed by atoms with van der Waals surface area (Å²) >= 11 is 0. The smallest absolute Gasteiger partial charge is 0.254 e. The maximum absolute atomic E-state index is 12.9. The van der Waals surface area contributed by atoms with Gasteiger partial charge in [-0.15, -0.1) is 0 Å². The number of likely N-dealkylation sites (tertiary alicyclic amines) is 1. The molecule has 0 N–H and O–H groups in total. The van der Waals surface area contributed by atoms with Gasteiger partial charge in [0.25, 0.3) is 5.91 Å². The van der Waals surface area contributed by atoms with E-state index in [1.165, 1.54) is 0 Å². The summed E-state index contributed by atoms with van der Waals surface area (Å²) in [5.74, 6) is 2.86. The maximum atomic E-state index is 12.9. The number of benzene rings is 1. The van der Waals surface area contributed by atoms with E-state index in [0.717, 1.165) is 25.2 Å². The fraction of sp³-hybridized carbons (Fsp3) is 0.474. The number of rotatable bonds is 3. The molecule has 1 atom stereocenters. The quantitative estimate of drug-likeness (QED) is 0.860. The minimum absolute atomic E-state index is 0.0502. The lowest BCUT2D eigenvalue weighted by Crippen LogP contribution is -2.41. The normalized spacial score (nSPS) is 19.5. The Morgan fingerprint density at radius 2 is 2.12 bits per heavy atom. The number of aromatic nitrogens is 2. The summed E-state index contributed by atoms with van der Waals surface area (Å²) in [5, 5.41) is 0. The molecule has 132 valence electrons. The van der Waals surface area contributed by atoms with Crippen LogP contribution >= 0.6 is 0 Å². The molecule has 1 amide bonds. The van der Waals surface area contributed by atoms with Crippen LogP contribution in [-0.2, 0) is 0 Å². The third-order valence-corrected chi connectivity index (χ3v) is 4.91. The van der Waals surface area contributed by atoms with Crippen molar-refractivity contribution in [3.05, 3.63) is 42.0 Å². The molecule has 1 aromatic heterocycles. The van der Waals surface area contributed by atoms with Crippen LogP contribution < -0.4 is 9.47 Å². The Hall–Kier alpha value is -2.50. The molecule has 3 heterocycles. The predicted octanol–water partition coefficient (Wildman–Crippen LogP) is 3.21. The van der Waals surface area contributed by atoms with E-state index in [0.29, 0.717) is 29.5 Å². The number of carbonyl (C=O) groups excluding carboxylic acids is 1. The number of nitrogens with zero attached hydrogens (tertiary/aromatic N) is 3. The summed E-state index contributed by atoms with van der Waals surface area (Å²) in [4.78, 5) is 19.4. The van der Waals surface area contributed by atoms with Gasteiger partial charge >= 0.3 is 0 Å². The molecular weight excluding hydrogens is 318 g/mol. The number of fused-ring (bicyclic) bond motifs is 1. The van der Waals surface area contributed by atoms with Gasteiger partial charge in [0.15, 0.2) is 11.5 Å². The largest absolute Gasteiger partial charge is 0.454 e. The van der Waals surface area contributed by atoms with Gasteiger partial charge in [0, 0.05) is 37.0 Å². The molecule has 2 aromatic rings. The topological polar surface area (TPSA) is 56.6 Å². The molecule has 0 aliphatic carbocycles. The second-order valence-corrected chi connectivity index (χ2v) is 6.96. The Morgan fingerprint density at radius 3 is 2.96 bits per heavy atom. The highest BCUT2D eigenvalue weighted by Gasteiger charge is 2.28. The second kappa shape index (κ2) is 6.43. The molecular formula is C19H23N3O3. The van der Waals surface area contributed by atoms with E-state index in [4.69, 9.17) is 9.47 Å². The van der Waals surface area contributed by atoms with Crippen LogP contribution in [0, 0.1) is 0 Å². The van der Waals surface area contributed by atoms with Gasteiger partial charge in [0.05, 0.1) is 6.04 Å². The molecule has 2 aliphatic rings. The highest BCUT2D eigenvalue weighted by atomic mass is 16.7. The molecule has 0 unspecified atom stereocenters. The van der Waals surface area contributed by atoms with Crippen LogP contribution in [0.2, 0.25) is 0 Å². The Labute approximate surface area is 147 Å². The zero-order chi connectivity index (χ0) is 17.4. The van der Waals surface area contributed by atoms with Crippen LogP contribution in [0.25, 0.3) is 0 Å². The zero-order valence-corrected chi connectivity index (χ0v) is 14.6. The first kappa shape index (κ1) is 16.0. The van der Waals surface area contributed by atoms with E-state index < -0.39 is 0 Å². The van der Waals surface area contributed by atoms with Crippen molar-refractivity contribution < 1.29 is 14.3 Å². The summed E-state index contributed by atoms with van der Waals surface area (Å²) in [6.07, 6.45) is 5.96. The lowest BCUT2D eigenvalue weighted by atomic mass is 10.0. The summed E-state index contributed by atoms with van der Waals surface area (Å²) in [7, 11) is 0. The van der Waals surface area contributed by atoms with Crippen molar-refractivity contribution in [2.75, 3.05) is 19.9 Å². The second-order valence-electron chi connectivity index (χ2n) is 6.96. The average molecular weight is 341 g/mol. The van der Waals surface area contributed by atoms with Gasteiger partial charge in [-0.3, -0.25) is 4.79 Å². The molecule has 6 nitrogen and oxygen atoms in total. The van der Waals surface area contributed by atoms with E-state index in [2.05, 4.69) is 23.4 Å². The van der Waals surface area contributed by atoms with Gasteiger partial charge in [-0.1, -0.05) is 13.8 Å². The number of imidazole rings is 1. The minimum Gasteiger partial charge on any atom is -0.454 e. The van der Waals surface area contributed by atoms with Crippen molar-refractivity contribution in [2.45, 2.75) is 38.6 Å². The Morgan fingerprint density at radius 1 is 1.28 bits per heavy atom. The predicted molar refractivity (Wildman–Crippen MR) is 93.1 cm³/mol. The number of piperidine rings is 1. The van der Waals surface area contributed by atoms with Gasteiger partial charge in [-0.25, -0.2) is 4.98 Å². The van der Waals surface area contributed by atoms with Crippen LogP contribution in [0.4, 0.5) is 0 Å². The van der Waals surface area contributed by atoms with Crippen molar-refractivity contribution in [3.8, 4) is 11.5 Å². The standard InChI is InChI=1S/C19H23N3O3/c1-13(2)18-20-7-9-22(18)15-4-3-8-21(11-15)19(23)14-5-6-16-17(10-14)25-12-24-16/h5-7,9-10,13,15H,3-4,8,11-12H2,1-2H3/t15-/m0/s1. The van der Waals surface area contributed by atoms with Gasteiger partial charge in [-0.05, 0) is 31.0 Å². The first-order chi connectivity index (χ1) is 12.1. The fourth-order valence-electron chi connectivity index (χ4n) is 3.66. The van der Waals surface area contributed by atoms with Crippen LogP contribution in [0.15, 0.2) is 30.6 Å². The molecule has 6 heteroatoms. The Bertz CT molecular complexity index is 784. The van der Waals surface area contributed by atoms with Gasteiger partial charge in [-0.2, -0.15) is 0 Å². The van der Waals surface area contributed by atoms with Crippen molar-refractivity contribution in [2.24, 2.45) is 0 Å². The number of carbonyl (C=O) groups is 1. The van der Waals surface area contributed by atoms with Gasteiger partial charge in [0.2, 0.25) is 6.79 Å². The SMILES string of the molecule is CC(C)c1nccn1[C@H]1CCCN(C(=O)c2ccc3c(c2)OCO3)C1. The summed E-state index contributed by atoms with van der Waals surface area (Å²) in [5.41, 5.74) is 0.652. The van der Waals surface area contributed by atoms with Crippen molar-refractivity contribution in [3.63, 3.8) is 0 Å². The fourth-order valence-corrected chi connectivity index (χ4v) is 3.66. The van der Waals surface area contributed by atoms with Gasteiger partial charge in [0.1, 0.15) is 5.82 Å². The molecule has 25 heavy (non-hydrogen) atoms. The summed E-state index contributed by atoms with van der Waals surface area (Å²) in [6, 6.07) is 5.69.